The van der Waals surface area contributed by atoms with Crippen molar-refractivity contribution >= 4 is 39.1 Å². The maximum absolute atomic E-state index is 14.0. The van der Waals surface area contributed by atoms with Crippen LogP contribution in [-0.2, 0) is 26.2 Å². The molecule has 0 saturated heterocycles. The Bertz CT molecular complexity index is 1380. The molecule has 0 fully saturated rings. The molecule has 0 unspecified atom stereocenters. The van der Waals surface area contributed by atoms with E-state index in [0.29, 0.717) is 29.2 Å². The van der Waals surface area contributed by atoms with E-state index in [1.807, 2.05) is 13.8 Å². The molecule has 0 saturated carbocycles. The number of halogens is 2. The minimum Gasteiger partial charge on any atom is -0.354 e. The molecular weight excluding hydrogens is 553 g/mol. The number of carbonyl (C=O) groups excluding carboxylic acids is 2. The molecule has 2 amide bonds. The molecule has 40 heavy (non-hydrogen) atoms. The Morgan fingerprint density at radius 2 is 1.57 bits per heavy atom. The summed E-state index contributed by atoms with van der Waals surface area (Å²) in [6, 6.07) is 17.3. The molecule has 0 aliphatic carbocycles. The molecular formula is C30H35ClFN3O4S. The monoisotopic (exact) mass is 587 g/mol. The first-order valence-corrected chi connectivity index (χ1v) is 15.0. The number of nitrogens with one attached hydrogen (secondary N) is 1. The number of hydrogen-bond acceptors (Lipinski definition) is 4. The van der Waals surface area contributed by atoms with Crippen LogP contribution in [0.1, 0.15) is 44.2 Å². The zero-order valence-electron chi connectivity index (χ0n) is 22.9. The highest BCUT2D eigenvalue weighted by Crippen LogP contribution is 2.26. The average Bonchev–Trinajstić information content (AvgIpc) is 2.93. The third kappa shape index (κ3) is 8.05. The van der Waals surface area contributed by atoms with Gasteiger partial charge in [0.2, 0.25) is 11.8 Å². The van der Waals surface area contributed by atoms with Gasteiger partial charge in [-0.15, -0.1) is 0 Å². The van der Waals surface area contributed by atoms with E-state index >= 15 is 0 Å². The Kier molecular flexibility index (Phi) is 11.1. The predicted octanol–water partition coefficient (Wildman–Crippen LogP) is 5.71. The summed E-state index contributed by atoms with van der Waals surface area (Å²) in [5.74, 6) is -1.32. The third-order valence-corrected chi connectivity index (χ3v) is 8.52. The lowest BCUT2D eigenvalue weighted by Crippen LogP contribution is -2.52. The molecule has 3 aromatic rings. The van der Waals surface area contributed by atoms with Crippen LogP contribution in [0.4, 0.5) is 10.1 Å². The molecule has 0 spiro atoms. The molecule has 214 valence electrons. The fraction of sp³-hybridized carbons (Fsp3) is 0.333. The van der Waals surface area contributed by atoms with Gasteiger partial charge in [-0.05, 0) is 73.9 Å². The van der Waals surface area contributed by atoms with Gasteiger partial charge in [0.15, 0.2) is 0 Å². The lowest BCUT2D eigenvalue weighted by Gasteiger charge is -2.33. The Hall–Kier alpha value is -3.43. The van der Waals surface area contributed by atoms with Gasteiger partial charge in [-0.1, -0.05) is 61.7 Å². The van der Waals surface area contributed by atoms with E-state index in [1.165, 1.54) is 41.3 Å². The Morgan fingerprint density at radius 1 is 0.950 bits per heavy atom. The maximum Gasteiger partial charge on any atom is 0.264 e. The largest absolute Gasteiger partial charge is 0.354 e. The van der Waals surface area contributed by atoms with Crippen molar-refractivity contribution < 1.29 is 22.4 Å². The van der Waals surface area contributed by atoms with E-state index in [2.05, 4.69) is 5.32 Å². The second-order valence-corrected chi connectivity index (χ2v) is 11.8. The minimum atomic E-state index is -4.18. The fourth-order valence-corrected chi connectivity index (χ4v) is 5.73. The van der Waals surface area contributed by atoms with Crippen LogP contribution in [-0.4, -0.2) is 44.3 Å². The van der Waals surface area contributed by atoms with Crippen molar-refractivity contribution in [2.45, 2.75) is 57.5 Å². The number of nitrogens with zero attached hydrogens (tertiary/aromatic N) is 2. The van der Waals surface area contributed by atoms with Gasteiger partial charge in [0.05, 0.1) is 10.6 Å². The summed E-state index contributed by atoms with van der Waals surface area (Å²) >= 11 is 5.98. The third-order valence-electron chi connectivity index (χ3n) is 6.48. The number of aryl methyl sites for hydroxylation is 1. The molecule has 0 heterocycles. The molecule has 7 nitrogen and oxygen atoms in total. The van der Waals surface area contributed by atoms with Crippen LogP contribution in [0.15, 0.2) is 77.7 Å². The number of unbranched alkanes of at least 4 members (excludes halogenated alkanes) is 1. The second-order valence-electron chi connectivity index (χ2n) is 9.52. The molecule has 1 atom stereocenters. The van der Waals surface area contributed by atoms with E-state index in [1.54, 1.807) is 43.3 Å². The Morgan fingerprint density at radius 3 is 2.15 bits per heavy atom. The van der Waals surface area contributed by atoms with Gasteiger partial charge in [-0.3, -0.25) is 13.9 Å². The zero-order valence-corrected chi connectivity index (χ0v) is 24.5. The normalized spacial score (nSPS) is 12.0. The number of carbonyl (C=O) groups is 2. The van der Waals surface area contributed by atoms with E-state index < -0.39 is 34.3 Å². The van der Waals surface area contributed by atoms with Crippen molar-refractivity contribution in [3.8, 4) is 0 Å². The molecule has 1 N–H and O–H groups in total. The van der Waals surface area contributed by atoms with E-state index in [-0.39, 0.29) is 17.3 Å². The Labute approximate surface area is 241 Å². The van der Waals surface area contributed by atoms with E-state index in [9.17, 15) is 22.4 Å². The number of sulfonamides is 1. The van der Waals surface area contributed by atoms with Gasteiger partial charge in [-0.2, -0.15) is 0 Å². The number of anilines is 1. The maximum atomic E-state index is 14.0. The summed E-state index contributed by atoms with van der Waals surface area (Å²) in [5.41, 5.74) is 1.83. The first kappa shape index (κ1) is 31.1. The lowest BCUT2D eigenvalue weighted by atomic mass is 10.1. The number of amides is 2. The molecule has 0 aliphatic rings. The quantitative estimate of drug-likeness (QED) is 0.260. The summed E-state index contributed by atoms with van der Waals surface area (Å²) in [4.78, 5) is 28.5. The molecule has 3 aromatic carbocycles. The van der Waals surface area contributed by atoms with Gasteiger partial charge >= 0.3 is 0 Å². The van der Waals surface area contributed by atoms with Crippen molar-refractivity contribution in [1.29, 1.82) is 0 Å². The van der Waals surface area contributed by atoms with Gasteiger partial charge < -0.3 is 10.2 Å². The topological polar surface area (TPSA) is 86.8 Å². The molecule has 10 heteroatoms. The summed E-state index contributed by atoms with van der Waals surface area (Å²) in [5, 5.41) is 3.26. The standard InChI is InChI=1S/C30H35ClFN3O4S/c1-4-6-19-33-30(37)28(5-2)34(20-23-9-13-25(32)14-10-23)29(36)21-35(26-15-7-22(3)8-16-26)40(38,39)27-17-11-24(31)12-18-27/h7-18,28H,4-6,19-21H2,1-3H3,(H,33,37)/t28-/m1/s1. The Balaban J connectivity index is 2.02. The highest BCUT2D eigenvalue weighted by Gasteiger charge is 2.33. The van der Waals surface area contributed by atoms with Crippen LogP contribution >= 0.6 is 11.6 Å². The SMILES string of the molecule is CCCCNC(=O)[C@@H](CC)N(Cc1ccc(F)cc1)C(=O)CN(c1ccc(C)cc1)S(=O)(=O)c1ccc(Cl)cc1. The van der Waals surface area contributed by atoms with Gasteiger partial charge in [0, 0.05) is 18.1 Å². The van der Waals surface area contributed by atoms with Gasteiger partial charge in [0.1, 0.15) is 18.4 Å². The molecule has 0 bridgehead atoms. The van der Waals surface area contributed by atoms with Crippen LogP contribution in [0, 0.1) is 12.7 Å². The van der Waals surface area contributed by atoms with E-state index in [4.69, 9.17) is 11.6 Å². The number of benzene rings is 3. The molecule has 3 rings (SSSR count). The summed E-state index contributed by atoms with van der Waals surface area (Å²) in [7, 11) is -4.18. The van der Waals surface area contributed by atoms with Crippen LogP contribution in [0.2, 0.25) is 5.02 Å². The van der Waals surface area contributed by atoms with Crippen molar-refractivity contribution in [2.75, 3.05) is 17.4 Å². The first-order chi connectivity index (χ1) is 19.1. The number of hydrogen-bond donors (Lipinski definition) is 1. The predicted molar refractivity (Wildman–Crippen MR) is 156 cm³/mol. The van der Waals surface area contributed by atoms with Crippen molar-refractivity contribution in [3.63, 3.8) is 0 Å². The molecule has 0 aromatic heterocycles. The van der Waals surface area contributed by atoms with Crippen molar-refractivity contribution in [2.24, 2.45) is 0 Å². The van der Waals surface area contributed by atoms with E-state index in [0.717, 1.165) is 22.7 Å². The average molecular weight is 588 g/mol. The van der Waals surface area contributed by atoms with Crippen molar-refractivity contribution in [1.82, 2.24) is 10.2 Å². The van der Waals surface area contributed by atoms with Crippen LogP contribution in [0.25, 0.3) is 0 Å². The molecule has 0 aliphatic heterocycles. The number of rotatable bonds is 13. The highest BCUT2D eigenvalue weighted by atomic mass is 35.5. The summed E-state index contributed by atoms with van der Waals surface area (Å²) in [6.45, 7) is 5.59. The van der Waals surface area contributed by atoms with Crippen molar-refractivity contribution in [3.05, 3.63) is 94.8 Å². The van der Waals surface area contributed by atoms with Crippen LogP contribution in [0.3, 0.4) is 0 Å². The van der Waals surface area contributed by atoms with Gasteiger partial charge in [0.25, 0.3) is 10.0 Å². The fourth-order valence-electron chi connectivity index (χ4n) is 4.19. The second kappa shape index (κ2) is 14.3. The van der Waals surface area contributed by atoms with Crippen LogP contribution < -0.4 is 9.62 Å². The first-order valence-electron chi connectivity index (χ1n) is 13.2. The van der Waals surface area contributed by atoms with Crippen LogP contribution in [0.5, 0.6) is 0 Å². The lowest BCUT2D eigenvalue weighted by molar-refractivity contribution is -0.140. The highest BCUT2D eigenvalue weighted by molar-refractivity contribution is 7.92. The molecule has 0 radical (unpaired) electrons. The summed E-state index contributed by atoms with van der Waals surface area (Å²) in [6.07, 6.45) is 1.98. The zero-order chi connectivity index (χ0) is 29.3. The summed E-state index contributed by atoms with van der Waals surface area (Å²) < 4.78 is 42.3. The smallest absolute Gasteiger partial charge is 0.264 e. The minimum absolute atomic E-state index is 0.00154. The van der Waals surface area contributed by atoms with Gasteiger partial charge in [-0.25, -0.2) is 12.8 Å².